The Kier molecular flexibility index (Phi) is 7.16. The Morgan fingerprint density at radius 1 is 0.810 bits per heavy atom. The SMILES string of the molecule is CC(=O)Nc1ccc(S(=O)(=O)Nc2ccc3n(c2=O)C[C@H]2C[C@@H]3CN(C(=O)c3ccc(-c4ccccc4)cc3)C2)cc1. The summed E-state index contributed by atoms with van der Waals surface area (Å²) in [6.45, 7) is 2.78. The summed E-state index contributed by atoms with van der Waals surface area (Å²) in [7, 11) is -4.03. The minimum Gasteiger partial charge on any atom is -0.338 e. The van der Waals surface area contributed by atoms with Gasteiger partial charge >= 0.3 is 0 Å². The zero-order valence-corrected chi connectivity index (χ0v) is 23.8. The third kappa shape index (κ3) is 5.45. The van der Waals surface area contributed by atoms with Crippen LogP contribution in [0.4, 0.5) is 11.4 Å². The average Bonchev–Trinajstić information content (AvgIpc) is 2.99. The molecule has 0 aliphatic carbocycles. The lowest BCUT2D eigenvalue weighted by atomic mass is 9.83. The van der Waals surface area contributed by atoms with E-state index in [-0.39, 0.29) is 34.2 Å². The van der Waals surface area contributed by atoms with Crippen molar-refractivity contribution < 1.29 is 18.0 Å². The molecule has 2 aliphatic heterocycles. The Morgan fingerprint density at radius 3 is 2.19 bits per heavy atom. The van der Waals surface area contributed by atoms with E-state index < -0.39 is 15.6 Å². The third-order valence-electron chi connectivity index (χ3n) is 7.86. The molecule has 2 amide bonds. The fourth-order valence-corrected chi connectivity index (χ4v) is 6.99. The quantitative estimate of drug-likeness (QED) is 0.346. The number of carbonyl (C=O) groups excluding carboxylic acids is 2. The highest BCUT2D eigenvalue weighted by molar-refractivity contribution is 7.92. The van der Waals surface area contributed by atoms with Crippen LogP contribution in [0.2, 0.25) is 0 Å². The number of hydrogen-bond donors (Lipinski definition) is 2. The number of nitrogens with zero attached hydrogens (tertiary/aromatic N) is 2. The van der Waals surface area contributed by atoms with Crippen molar-refractivity contribution in [3.05, 3.63) is 113 Å². The first kappa shape index (κ1) is 27.5. The molecular weight excluding hydrogens is 552 g/mol. The van der Waals surface area contributed by atoms with E-state index in [1.807, 2.05) is 59.5 Å². The number of anilines is 2. The molecule has 4 aromatic rings. The van der Waals surface area contributed by atoms with Crippen LogP contribution in [0.1, 0.15) is 35.3 Å². The summed E-state index contributed by atoms with van der Waals surface area (Å²) >= 11 is 0. The number of amides is 2. The summed E-state index contributed by atoms with van der Waals surface area (Å²) < 4.78 is 30.1. The molecule has 1 aromatic heterocycles. The van der Waals surface area contributed by atoms with E-state index in [2.05, 4.69) is 10.0 Å². The van der Waals surface area contributed by atoms with Crippen LogP contribution < -0.4 is 15.6 Å². The number of fused-ring (bicyclic) bond motifs is 4. The maximum Gasteiger partial charge on any atom is 0.275 e. The summed E-state index contributed by atoms with van der Waals surface area (Å²) in [4.78, 5) is 39.9. The zero-order valence-electron chi connectivity index (χ0n) is 23.0. The predicted molar refractivity (Wildman–Crippen MR) is 161 cm³/mol. The molecule has 0 radical (unpaired) electrons. The van der Waals surface area contributed by atoms with Gasteiger partial charge in [0, 0.05) is 49.4 Å². The van der Waals surface area contributed by atoms with Crippen LogP contribution in [-0.2, 0) is 21.4 Å². The summed E-state index contributed by atoms with van der Waals surface area (Å²) in [6, 6.07) is 26.6. The lowest BCUT2D eigenvalue weighted by Crippen LogP contribution is -2.49. The van der Waals surface area contributed by atoms with Gasteiger partial charge in [0.2, 0.25) is 5.91 Å². The topological polar surface area (TPSA) is 118 Å². The average molecular weight is 583 g/mol. The normalized spacial score (nSPS) is 17.7. The monoisotopic (exact) mass is 582 g/mol. The van der Waals surface area contributed by atoms with Crippen LogP contribution in [0.15, 0.2) is 101 Å². The number of sulfonamides is 1. The second kappa shape index (κ2) is 10.9. The molecule has 1 saturated heterocycles. The molecule has 0 unspecified atom stereocenters. The molecule has 10 heteroatoms. The molecule has 2 N–H and O–H groups in total. The van der Waals surface area contributed by atoms with E-state index in [9.17, 15) is 22.8 Å². The van der Waals surface area contributed by atoms with Gasteiger partial charge in [-0.1, -0.05) is 42.5 Å². The standard InChI is InChI=1S/C32H30N4O5S/c1-21(37)33-27-11-13-28(14-12-27)42(40,41)34-29-15-16-30-26-17-22(19-36(30)32(29)39)18-35(20-26)31(38)25-9-7-24(8-10-25)23-5-3-2-4-6-23/h2-16,22,26,34H,17-20H2,1H3,(H,33,37)/t22-,26+/m0/s1. The van der Waals surface area contributed by atoms with E-state index in [1.165, 1.54) is 37.3 Å². The number of benzene rings is 3. The van der Waals surface area contributed by atoms with Crippen LogP contribution in [-0.4, -0.2) is 42.8 Å². The maximum atomic E-state index is 13.4. The van der Waals surface area contributed by atoms with Gasteiger partial charge in [-0.05, 0) is 72.0 Å². The Balaban J connectivity index is 1.18. The van der Waals surface area contributed by atoms with Crippen LogP contribution >= 0.6 is 0 Å². The number of pyridine rings is 1. The summed E-state index contributed by atoms with van der Waals surface area (Å²) in [6.07, 6.45) is 0.863. The van der Waals surface area contributed by atoms with Crippen molar-refractivity contribution in [3.63, 3.8) is 0 Å². The number of piperidine rings is 1. The van der Waals surface area contributed by atoms with E-state index in [4.69, 9.17) is 0 Å². The molecule has 214 valence electrons. The van der Waals surface area contributed by atoms with Crippen molar-refractivity contribution >= 4 is 33.2 Å². The highest BCUT2D eigenvalue weighted by Gasteiger charge is 2.37. The number of hydrogen-bond acceptors (Lipinski definition) is 5. The van der Waals surface area contributed by atoms with Gasteiger partial charge in [0.25, 0.3) is 21.5 Å². The second-order valence-corrected chi connectivity index (χ2v) is 12.5. The Hall–Kier alpha value is -4.70. The highest BCUT2D eigenvalue weighted by atomic mass is 32.2. The van der Waals surface area contributed by atoms with Crippen molar-refractivity contribution in [2.45, 2.75) is 30.7 Å². The second-order valence-electron chi connectivity index (χ2n) is 10.9. The van der Waals surface area contributed by atoms with E-state index in [0.717, 1.165) is 23.2 Å². The van der Waals surface area contributed by atoms with E-state index >= 15 is 0 Å². The zero-order chi connectivity index (χ0) is 29.4. The molecule has 0 saturated carbocycles. The molecular formula is C32H30N4O5S. The number of nitrogens with one attached hydrogen (secondary N) is 2. The van der Waals surface area contributed by atoms with E-state index in [1.54, 1.807) is 10.6 Å². The Bertz CT molecular complexity index is 1820. The van der Waals surface area contributed by atoms with Crippen LogP contribution in [0.5, 0.6) is 0 Å². The largest absolute Gasteiger partial charge is 0.338 e. The minimum atomic E-state index is -4.03. The van der Waals surface area contributed by atoms with Gasteiger partial charge in [0.1, 0.15) is 5.69 Å². The molecule has 9 nitrogen and oxygen atoms in total. The number of rotatable bonds is 6. The van der Waals surface area contributed by atoms with Gasteiger partial charge in [0.05, 0.1) is 4.90 Å². The summed E-state index contributed by atoms with van der Waals surface area (Å²) in [5.41, 5.74) is 3.60. The molecule has 2 bridgehead atoms. The smallest absolute Gasteiger partial charge is 0.275 e. The molecule has 2 aliphatic rings. The first-order valence-corrected chi connectivity index (χ1v) is 15.3. The lowest BCUT2D eigenvalue weighted by Gasteiger charge is -2.43. The molecule has 2 atom stereocenters. The lowest BCUT2D eigenvalue weighted by molar-refractivity contribution is -0.114. The van der Waals surface area contributed by atoms with Gasteiger partial charge in [-0.3, -0.25) is 19.1 Å². The molecule has 42 heavy (non-hydrogen) atoms. The third-order valence-corrected chi connectivity index (χ3v) is 9.24. The maximum absolute atomic E-state index is 13.4. The molecule has 3 aromatic carbocycles. The molecule has 0 spiro atoms. The van der Waals surface area contributed by atoms with Crippen molar-refractivity contribution in [1.82, 2.24) is 9.47 Å². The van der Waals surface area contributed by atoms with Gasteiger partial charge in [-0.2, -0.15) is 0 Å². The van der Waals surface area contributed by atoms with Crippen molar-refractivity contribution in [2.24, 2.45) is 5.92 Å². The Labute approximate surface area is 243 Å². The highest BCUT2D eigenvalue weighted by Crippen LogP contribution is 2.36. The molecule has 1 fully saturated rings. The minimum absolute atomic E-state index is 0.0234. The van der Waals surface area contributed by atoms with Gasteiger partial charge in [-0.15, -0.1) is 0 Å². The fourth-order valence-electron chi connectivity index (χ4n) is 5.93. The fraction of sp³-hybridized carbons (Fsp3) is 0.219. The van der Waals surface area contributed by atoms with Crippen LogP contribution in [0.3, 0.4) is 0 Å². The summed E-state index contributed by atoms with van der Waals surface area (Å²) in [5.74, 6) is -0.242. The molecule has 6 rings (SSSR count). The van der Waals surface area contributed by atoms with Gasteiger partial charge in [-0.25, -0.2) is 8.42 Å². The van der Waals surface area contributed by atoms with Crippen molar-refractivity contribution in [1.29, 1.82) is 0 Å². The van der Waals surface area contributed by atoms with E-state index in [0.29, 0.717) is 30.9 Å². The van der Waals surface area contributed by atoms with Crippen molar-refractivity contribution in [2.75, 3.05) is 23.1 Å². The Morgan fingerprint density at radius 2 is 1.50 bits per heavy atom. The first-order valence-electron chi connectivity index (χ1n) is 13.8. The number of aromatic nitrogens is 1. The van der Waals surface area contributed by atoms with Gasteiger partial charge in [0.15, 0.2) is 0 Å². The number of likely N-dealkylation sites (tertiary alicyclic amines) is 1. The van der Waals surface area contributed by atoms with Gasteiger partial charge < -0.3 is 14.8 Å². The van der Waals surface area contributed by atoms with Crippen LogP contribution in [0, 0.1) is 5.92 Å². The molecule has 3 heterocycles. The first-order chi connectivity index (χ1) is 20.2. The summed E-state index contributed by atoms with van der Waals surface area (Å²) in [5, 5.41) is 2.59. The predicted octanol–water partition coefficient (Wildman–Crippen LogP) is 4.53. The van der Waals surface area contributed by atoms with Crippen molar-refractivity contribution in [3.8, 4) is 11.1 Å². The van der Waals surface area contributed by atoms with Crippen LogP contribution in [0.25, 0.3) is 11.1 Å². The number of carbonyl (C=O) groups is 2.